The zero-order valence-electron chi connectivity index (χ0n) is 8.27. The Kier molecular flexibility index (Phi) is 3.42. The molecule has 0 heterocycles. The minimum absolute atomic E-state index is 1.06. The van der Waals surface area contributed by atoms with Gasteiger partial charge in [0.2, 0.25) is 0 Å². The molecular formula is C11H22. The molecule has 1 fully saturated rings. The molecule has 66 valence electrons. The van der Waals surface area contributed by atoms with E-state index in [1.54, 1.807) is 0 Å². The van der Waals surface area contributed by atoms with Crippen molar-refractivity contribution in [1.29, 1.82) is 0 Å². The van der Waals surface area contributed by atoms with Crippen molar-refractivity contribution in [2.24, 2.45) is 17.8 Å². The Hall–Kier alpha value is 0. The SMILES string of the molecule is CCC1CC(CC)C(CC)C1. The highest BCUT2D eigenvalue weighted by Crippen LogP contribution is 2.41. The fourth-order valence-corrected chi connectivity index (χ4v) is 2.67. The maximum atomic E-state index is 2.35. The molecule has 0 bridgehead atoms. The molecule has 0 spiro atoms. The first-order chi connectivity index (χ1) is 5.31. The van der Waals surface area contributed by atoms with Gasteiger partial charge in [0.05, 0.1) is 0 Å². The van der Waals surface area contributed by atoms with E-state index in [1.807, 2.05) is 0 Å². The maximum absolute atomic E-state index is 2.35. The van der Waals surface area contributed by atoms with Gasteiger partial charge in [0.15, 0.2) is 0 Å². The minimum Gasteiger partial charge on any atom is -0.0651 e. The molecule has 0 aliphatic heterocycles. The molecule has 1 saturated carbocycles. The van der Waals surface area contributed by atoms with Gasteiger partial charge in [-0.1, -0.05) is 40.0 Å². The van der Waals surface area contributed by atoms with Crippen LogP contribution in [-0.4, -0.2) is 0 Å². The van der Waals surface area contributed by atoms with E-state index < -0.39 is 0 Å². The summed E-state index contributed by atoms with van der Waals surface area (Å²) in [5, 5.41) is 0. The van der Waals surface area contributed by atoms with Crippen LogP contribution in [0.25, 0.3) is 0 Å². The number of rotatable bonds is 3. The zero-order valence-corrected chi connectivity index (χ0v) is 8.27. The summed E-state index contributed by atoms with van der Waals surface area (Å²) in [5.74, 6) is 3.18. The lowest BCUT2D eigenvalue weighted by Crippen LogP contribution is -2.04. The van der Waals surface area contributed by atoms with E-state index in [0.717, 1.165) is 17.8 Å². The number of hydrogen-bond acceptors (Lipinski definition) is 0. The first kappa shape index (κ1) is 9.09. The molecule has 1 rings (SSSR count). The van der Waals surface area contributed by atoms with Crippen LogP contribution in [0.1, 0.15) is 52.9 Å². The monoisotopic (exact) mass is 154 g/mol. The summed E-state index contributed by atoms with van der Waals surface area (Å²) < 4.78 is 0. The van der Waals surface area contributed by atoms with Crippen LogP contribution >= 0.6 is 0 Å². The van der Waals surface area contributed by atoms with E-state index in [4.69, 9.17) is 0 Å². The highest BCUT2D eigenvalue weighted by atomic mass is 14.4. The second kappa shape index (κ2) is 4.13. The Labute approximate surface area is 71.4 Å². The van der Waals surface area contributed by atoms with Crippen molar-refractivity contribution in [1.82, 2.24) is 0 Å². The minimum atomic E-state index is 1.06. The normalized spacial score (nSPS) is 37.9. The van der Waals surface area contributed by atoms with Crippen molar-refractivity contribution in [3.63, 3.8) is 0 Å². The Morgan fingerprint density at radius 3 is 1.55 bits per heavy atom. The maximum Gasteiger partial charge on any atom is -0.0386 e. The van der Waals surface area contributed by atoms with Gasteiger partial charge in [-0.25, -0.2) is 0 Å². The molecule has 0 aromatic rings. The standard InChI is InChI=1S/C11H22/c1-4-9-7-10(5-2)11(6-3)8-9/h9-11H,4-8H2,1-3H3. The molecule has 0 aromatic carbocycles. The van der Waals surface area contributed by atoms with E-state index in [-0.39, 0.29) is 0 Å². The first-order valence-electron chi connectivity index (χ1n) is 5.31. The second-order valence-electron chi connectivity index (χ2n) is 4.08. The fourth-order valence-electron chi connectivity index (χ4n) is 2.67. The molecule has 0 aromatic heterocycles. The van der Waals surface area contributed by atoms with Crippen LogP contribution in [0.4, 0.5) is 0 Å². The van der Waals surface area contributed by atoms with Crippen LogP contribution in [0.2, 0.25) is 0 Å². The van der Waals surface area contributed by atoms with Crippen molar-refractivity contribution in [3.05, 3.63) is 0 Å². The third-order valence-electron chi connectivity index (χ3n) is 3.56. The Morgan fingerprint density at radius 2 is 1.27 bits per heavy atom. The molecule has 0 N–H and O–H groups in total. The Morgan fingerprint density at radius 1 is 0.818 bits per heavy atom. The molecule has 11 heavy (non-hydrogen) atoms. The highest BCUT2D eigenvalue weighted by Gasteiger charge is 2.30. The molecular weight excluding hydrogens is 132 g/mol. The van der Waals surface area contributed by atoms with E-state index >= 15 is 0 Å². The summed E-state index contributed by atoms with van der Waals surface area (Å²) in [5.41, 5.74) is 0. The van der Waals surface area contributed by atoms with Gasteiger partial charge in [-0.3, -0.25) is 0 Å². The lowest BCUT2D eigenvalue weighted by atomic mass is 9.92. The van der Waals surface area contributed by atoms with Gasteiger partial charge >= 0.3 is 0 Å². The smallest absolute Gasteiger partial charge is 0.0386 e. The van der Waals surface area contributed by atoms with Crippen LogP contribution in [-0.2, 0) is 0 Å². The van der Waals surface area contributed by atoms with Gasteiger partial charge in [-0.05, 0) is 30.6 Å². The van der Waals surface area contributed by atoms with E-state index in [2.05, 4.69) is 20.8 Å². The Balaban J connectivity index is 2.41. The first-order valence-corrected chi connectivity index (χ1v) is 5.31. The lowest BCUT2D eigenvalue weighted by molar-refractivity contribution is 0.367. The third-order valence-corrected chi connectivity index (χ3v) is 3.56. The van der Waals surface area contributed by atoms with E-state index in [0.29, 0.717) is 0 Å². The topological polar surface area (TPSA) is 0 Å². The van der Waals surface area contributed by atoms with Gasteiger partial charge in [-0.2, -0.15) is 0 Å². The summed E-state index contributed by atoms with van der Waals surface area (Å²) in [7, 11) is 0. The Bertz CT molecular complexity index is 94.6. The van der Waals surface area contributed by atoms with Crippen LogP contribution < -0.4 is 0 Å². The van der Waals surface area contributed by atoms with Gasteiger partial charge in [-0.15, -0.1) is 0 Å². The summed E-state index contributed by atoms with van der Waals surface area (Å²) in [4.78, 5) is 0. The average Bonchev–Trinajstić information content (AvgIpc) is 2.46. The highest BCUT2D eigenvalue weighted by molar-refractivity contribution is 4.81. The largest absolute Gasteiger partial charge is 0.0651 e. The molecule has 0 radical (unpaired) electrons. The predicted octanol–water partition coefficient (Wildman–Crippen LogP) is 3.86. The van der Waals surface area contributed by atoms with E-state index in [9.17, 15) is 0 Å². The van der Waals surface area contributed by atoms with Crippen LogP contribution in [0.15, 0.2) is 0 Å². The molecule has 0 heteroatoms. The average molecular weight is 154 g/mol. The predicted molar refractivity (Wildman–Crippen MR) is 50.6 cm³/mol. The molecule has 1 aliphatic rings. The summed E-state index contributed by atoms with van der Waals surface area (Å²) in [6.45, 7) is 7.05. The molecule has 2 unspecified atom stereocenters. The quantitative estimate of drug-likeness (QED) is 0.579. The van der Waals surface area contributed by atoms with Gasteiger partial charge < -0.3 is 0 Å². The molecule has 2 atom stereocenters. The van der Waals surface area contributed by atoms with Gasteiger partial charge in [0.1, 0.15) is 0 Å². The lowest BCUT2D eigenvalue weighted by Gasteiger charge is -2.14. The van der Waals surface area contributed by atoms with E-state index in [1.165, 1.54) is 32.1 Å². The van der Waals surface area contributed by atoms with Crippen LogP contribution in [0.5, 0.6) is 0 Å². The van der Waals surface area contributed by atoms with Gasteiger partial charge in [0, 0.05) is 0 Å². The van der Waals surface area contributed by atoms with Crippen molar-refractivity contribution in [3.8, 4) is 0 Å². The fraction of sp³-hybridized carbons (Fsp3) is 1.00. The zero-order chi connectivity index (χ0) is 8.27. The summed E-state index contributed by atoms with van der Waals surface area (Å²) >= 11 is 0. The van der Waals surface area contributed by atoms with Gasteiger partial charge in [0.25, 0.3) is 0 Å². The van der Waals surface area contributed by atoms with Crippen molar-refractivity contribution >= 4 is 0 Å². The third kappa shape index (κ3) is 1.98. The molecule has 1 aliphatic carbocycles. The molecule has 0 saturated heterocycles. The van der Waals surface area contributed by atoms with Crippen molar-refractivity contribution in [2.75, 3.05) is 0 Å². The summed E-state index contributed by atoms with van der Waals surface area (Å²) in [6.07, 6.45) is 7.27. The number of hydrogen-bond donors (Lipinski definition) is 0. The summed E-state index contributed by atoms with van der Waals surface area (Å²) in [6, 6.07) is 0. The second-order valence-corrected chi connectivity index (χ2v) is 4.08. The van der Waals surface area contributed by atoms with Crippen molar-refractivity contribution in [2.45, 2.75) is 52.9 Å². The van der Waals surface area contributed by atoms with Crippen LogP contribution in [0.3, 0.4) is 0 Å². The molecule has 0 amide bonds. The molecule has 0 nitrogen and oxygen atoms in total. The van der Waals surface area contributed by atoms with Crippen molar-refractivity contribution < 1.29 is 0 Å². The van der Waals surface area contributed by atoms with Crippen LogP contribution in [0, 0.1) is 17.8 Å².